The SMILES string of the molecule is NCCSCc1nc[nH]c1C(F)(F)F. The van der Waals surface area contributed by atoms with Gasteiger partial charge in [0.05, 0.1) is 12.0 Å². The van der Waals surface area contributed by atoms with E-state index in [2.05, 4.69) is 9.97 Å². The number of rotatable bonds is 4. The number of hydrogen-bond acceptors (Lipinski definition) is 3. The summed E-state index contributed by atoms with van der Waals surface area (Å²) in [4.78, 5) is 5.71. The van der Waals surface area contributed by atoms with Gasteiger partial charge in [-0.2, -0.15) is 24.9 Å². The summed E-state index contributed by atoms with van der Waals surface area (Å²) in [5.74, 6) is 0.861. The Morgan fingerprint density at radius 2 is 2.21 bits per heavy atom. The lowest BCUT2D eigenvalue weighted by molar-refractivity contribution is -0.141. The Hall–Kier alpha value is -0.690. The first kappa shape index (κ1) is 11.4. The van der Waals surface area contributed by atoms with Crippen LogP contribution in [0.5, 0.6) is 0 Å². The fourth-order valence-corrected chi connectivity index (χ4v) is 1.65. The number of aromatic amines is 1. The first-order chi connectivity index (χ1) is 6.55. The molecular formula is C7H10F3N3S. The van der Waals surface area contributed by atoms with Crippen molar-refractivity contribution < 1.29 is 13.2 Å². The number of alkyl halides is 3. The second-order valence-corrected chi connectivity index (χ2v) is 3.67. The molecule has 3 nitrogen and oxygen atoms in total. The van der Waals surface area contributed by atoms with E-state index in [4.69, 9.17) is 5.73 Å². The molecule has 1 aromatic rings. The summed E-state index contributed by atoms with van der Waals surface area (Å²) in [7, 11) is 0. The van der Waals surface area contributed by atoms with Crippen LogP contribution in [0.3, 0.4) is 0 Å². The highest BCUT2D eigenvalue weighted by Crippen LogP contribution is 2.30. The summed E-state index contributed by atoms with van der Waals surface area (Å²) >= 11 is 1.33. The highest BCUT2D eigenvalue weighted by atomic mass is 32.2. The Labute approximate surface area is 83.3 Å². The molecule has 14 heavy (non-hydrogen) atoms. The van der Waals surface area contributed by atoms with Crippen LogP contribution in [0.2, 0.25) is 0 Å². The largest absolute Gasteiger partial charge is 0.433 e. The van der Waals surface area contributed by atoms with Gasteiger partial charge in [-0.25, -0.2) is 4.98 Å². The Morgan fingerprint density at radius 3 is 2.79 bits per heavy atom. The molecule has 0 aromatic carbocycles. The monoisotopic (exact) mass is 225 g/mol. The summed E-state index contributed by atoms with van der Waals surface area (Å²) in [5, 5.41) is 0. The average Bonchev–Trinajstić information content (AvgIpc) is 2.52. The van der Waals surface area contributed by atoms with Gasteiger partial charge in [0.2, 0.25) is 0 Å². The zero-order valence-electron chi connectivity index (χ0n) is 7.27. The molecule has 0 amide bonds. The third-order valence-electron chi connectivity index (χ3n) is 1.50. The number of nitrogens with one attached hydrogen (secondary N) is 1. The molecule has 1 aromatic heterocycles. The second-order valence-electron chi connectivity index (χ2n) is 2.56. The summed E-state index contributed by atoms with van der Waals surface area (Å²) < 4.78 is 36.9. The van der Waals surface area contributed by atoms with Gasteiger partial charge in [-0.1, -0.05) is 0 Å². The van der Waals surface area contributed by atoms with Crippen molar-refractivity contribution in [3.63, 3.8) is 0 Å². The summed E-state index contributed by atoms with van der Waals surface area (Å²) in [6.07, 6.45) is -3.30. The van der Waals surface area contributed by atoms with Crippen LogP contribution in [-0.4, -0.2) is 22.3 Å². The molecule has 0 aliphatic rings. The van der Waals surface area contributed by atoms with Gasteiger partial charge >= 0.3 is 6.18 Å². The van der Waals surface area contributed by atoms with Crippen molar-refractivity contribution in [2.75, 3.05) is 12.3 Å². The number of H-pyrrole nitrogens is 1. The lowest BCUT2D eigenvalue weighted by atomic mass is 10.3. The van der Waals surface area contributed by atoms with Crippen molar-refractivity contribution in [3.05, 3.63) is 17.7 Å². The van der Waals surface area contributed by atoms with Gasteiger partial charge in [-0.3, -0.25) is 0 Å². The molecule has 0 aliphatic carbocycles. The van der Waals surface area contributed by atoms with Gasteiger partial charge in [0.1, 0.15) is 5.69 Å². The number of thioether (sulfide) groups is 1. The Morgan fingerprint density at radius 1 is 1.50 bits per heavy atom. The fraction of sp³-hybridized carbons (Fsp3) is 0.571. The average molecular weight is 225 g/mol. The van der Waals surface area contributed by atoms with Gasteiger partial charge in [0, 0.05) is 18.1 Å². The summed E-state index contributed by atoms with van der Waals surface area (Å²) in [6.45, 7) is 0.455. The molecular weight excluding hydrogens is 215 g/mol. The van der Waals surface area contributed by atoms with E-state index in [9.17, 15) is 13.2 Å². The van der Waals surface area contributed by atoms with Crippen LogP contribution in [0.25, 0.3) is 0 Å². The number of nitrogens with zero attached hydrogens (tertiary/aromatic N) is 1. The Kier molecular flexibility index (Phi) is 3.82. The number of hydrogen-bond donors (Lipinski definition) is 2. The van der Waals surface area contributed by atoms with Gasteiger partial charge < -0.3 is 10.7 Å². The number of imidazole rings is 1. The molecule has 0 bridgehead atoms. The van der Waals surface area contributed by atoms with Crippen molar-refractivity contribution in [2.45, 2.75) is 11.9 Å². The van der Waals surface area contributed by atoms with Crippen LogP contribution in [-0.2, 0) is 11.9 Å². The van der Waals surface area contributed by atoms with Gasteiger partial charge in [-0.15, -0.1) is 0 Å². The zero-order valence-corrected chi connectivity index (χ0v) is 8.08. The van der Waals surface area contributed by atoms with Crippen LogP contribution in [0, 0.1) is 0 Å². The minimum atomic E-state index is -4.35. The predicted octanol–water partition coefficient (Wildman–Crippen LogP) is 1.62. The maximum atomic E-state index is 12.3. The van der Waals surface area contributed by atoms with Crippen molar-refractivity contribution in [2.24, 2.45) is 5.73 Å². The maximum absolute atomic E-state index is 12.3. The molecule has 0 atom stereocenters. The summed E-state index contributed by atoms with van der Waals surface area (Å²) in [5.41, 5.74) is 4.50. The molecule has 0 aliphatic heterocycles. The third kappa shape index (κ3) is 2.91. The lowest BCUT2D eigenvalue weighted by Crippen LogP contribution is -2.09. The molecule has 0 saturated carbocycles. The molecule has 3 N–H and O–H groups in total. The van der Waals surface area contributed by atoms with Gasteiger partial charge in [0.15, 0.2) is 0 Å². The molecule has 0 saturated heterocycles. The van der Waals surface area contributed by atoms with Crippen molar-refractivity contribution in [1.82, 2.24) is 9.97 Å². The third-order valence-corrected chi connectivity index (χ3v) is 2.50. The molecule has 0 unspecified atom stereocenters. The number of nitrogens with two attached hydrogens (primary N) is 1. The zero-order chi connectivity index (χ0) is 10.6. The number of halogens is 3. The van der Waals surface area contributed by atoms with E-state index in [-0.39, 0.29) is 11.4 Å². The van der Waals surface area contributed by atoms with Crippen LogP contribution in [0.15, 0.2) is 6.33 Å². The first-order valence-corrected chi connectivity index (χ1v) is 5.08. The fourth-order valence-electron chi connectivity index (χ4n) is 0.930. The Bertz CT molecular complexity index is 284. The highest BCUT2D eigenvalue weighted by molar-refractivity contribution is 7.98. The molecule has 0 radical (unpaired) electrons. The maximum Gasteiger partial charge on any atom is 0.433 e. The topological polar surface area (TPSA) is 54.7 Å². The van der Waals surface area contributed by atoms with Crippen molar-refractivity contribution in [1.29, 1.82) is 0 Å². The Balaban J connectivity index is 2.63. The van der Waals surface area contributed by atoms with Crippen LogP contribution < -0.4 is 5.73 Å². The van der Waals surface area contributed by atoms with Crippen LogP contribution in [0.1, 0.15) is 11.4 Å². The molecule has 0 fully saturated rings. The predicted molar refractivity (Wildman–Crippen MR) is 48.8 cm³/mol. The van der Waals surface area contributed by atoms with E-state index in [1.54, 1.807) is 0 Å². The summed E-state index contributed by atoms with van der Waals surface area (Å²) in [6, 6.07) is 0. The molecule has 7 heteroatoms. The minimum Gasteiger partial charge on any atom is -0.341 e. The van der Waals surface area contributed by atoms with E-state index in [0.29, 0.717) is 12.3 Å². The highest BCUT2D eigenvalue weighted by Gasteiger charge is 2.35. The van der Waals surface area contributed by atoms with Crippen LogP contribution >= 0.6 is 11.8 Å². The lowest BCUT2D eigenvalue weighted by Gasteiger charge is -2.05. The van der Waals surface area contributed by atoms with E-state index in [0.717, 1.165) is 6.33 Å². The molecule has 80 valence electrons. The normalized spacial score (nSPS) is 12.0. The molecule has 0 spiro atoms. The second kappa shape index (κ2) is 4.70. The van der Waals surface area contributed by atoms with Gasteiger partial charge in [0.25, 0.3) is 0 Å². The van der Waals surface area contributed by atoms with Crippen molar-refractivity contribution >= 4 is 11.8 Å². The standard InChI is InChI=1S/C7H10F3N3S/c8-7(9,10)6-5(12-4-13-6)3-14-2-1-11/h4H,1-3,11H2,(H,12,13). The van der Waals surface area contributed by atoms with Gasteiger partial charge in [-0.05, 0) is 0 Å². The van der Waals surface area contributed by atoms with E-state index in [1.807, 2.05) is 0 Å². The number of aromatic nitrogens is 2. The minimum absolute atomic E-state index is 0.0379. The molecule has 1 rings (SSSR count). The first-order valence-electron chi connectivity index (χ1n) is 3.93. The quantitative estimate of drug-likeness (QED) is 0.765. The smallest absolute Gasteiger partial charge is 0.341 e. The van der Waals surface area contributed by atoms with Crippen molar-refractivity contribution in [3.8, 4) is 0 Å². The van der Waals surface area contributed by atoms with E-state index in [1.165, 1.54) is 11.8 Å². The van der Waals surface area contributed by atoms with Crippen LogP contribution in [0.4, 0.5) is 13.2 Å². The van der Waals surface area contributed by atoms with E-state index < -0.39 is 11.9 Å². The molecule has 1 heterocycles. The van der Waals surface area contributed by atoms with E-state index >= 15 is 0 Å².